The maximum Gasteiger partial charge on any atom is 0.263 e. The Bertz CT molecular complexity index is 804. The van der Waals surface area contributed by atoms with E-state index in [0.29, 0.717) is 17.7 Å². The molecule has 0 spiro atoms. The predicted molar refractivity (Wildman–Crippen MR) is 94.6 cm³/mol. The smallest absolute Gasteiger partial charge is 0.263 e. The minimum Gasteiger partial charge on any atom is -0.495 e. The summed E-state index contributed by atoms with van der Waals surface area (Å²) in [6.45, 7) is 1.89. The van der Waals surface area contributed by atoms with Crippen molar-refractivity contribution in [2.75, 3.05) is 12.0 Å². The standard InChI is InChI=1S/C19H20N2O3/c1-3-13(22)9-11-21-17-7-5-4-6-14(17)15(19(21)23)12-16-18(24-2)8-10-20-16/h4-13,20,22H,3H2,1-2H3/b11-9+,15-12-. The van der Waals surface area contributed by atoms with Crippen molar-refractivity contribution >= 4 is 23.2 Å². The van der Waals surface area contributed by atoms with Crippen LogP contribution >= 0.6 is 0 Å². The highest BCUT2D eigenvalue weighted by molar-refractivity contribution is 6.36. The Hall–Kier alpha value is -2.79. The second-order valence-corrected chi connectivity index (χ2v) is 5.53. The van der Waals surface area contributed by atoms with Gasteiger partial charge in [-0.25, -0.2) is 0 Å². The van der Waals surface area contributed by atoms with E-state index in [2.05, 4.69) is 4.98 Å². The van der Waals surface area contributed by atoms with Gasteiger partial charge in [0.15, 0.2) is 0 Å². The van der Waals surface area contributed by atoms with E-state index < -0.39 is 6.10 Å². The Kier molecular flexibility index (Phi) is 4.53. The first-order valence-electron chi connectivity index (χ1n) is 7.88. The molecule has 2 aromatic rings. The van der Waals surface area contributed by atoms with E-state index in [1.165, 1.54) is 0 Å². The minimum atomic E-state index is -0.568. The third kappa shape index (κ3) is 2.86. The molecular formula is C19H20N2O3. The Labute approximate surface area is 140 Å². The second kappa shape index (κ2) is 6.76. The van der Waals surface area contributed by atoms with Crippen LogP contribution in [-0.4, -0.2) is 29.2 Å². The van der Waals surface area contributed by atoms with E-state index in [4.69, 9.17) is 4.74 Å². The molecular weight excluding hydrogens is 304 g/mol. The molecule has 5 heteroatoms. The van der Waals surface area contributed by atoms with E-state index in [0.717, 1.165) is 16.9 Å². The number of methoxy groups -OCH3 is 1. The number of nitrogens with zero attached hydrogens (tertiary/aromatic N) is 1. The number of carbonyl (C=O) groups is 1. The molecule has 1 atom stereocenters. The zero-order chi connectivity index (χ0) is 17.1. The number of hydrogen-bond acceptors (Lipinski definition) is 3. The number of aromatic nitrogens is 1. The number of amides is 1. The summed E-state index contributed by atoms with van der Waals surface area (Å²) in [5, 5.41) is 9.73. The van der Waals surface area contributed by atoms with Crippen molar-refractivity contribution in [2.24, 2.45) is 0 Å². The average Bonchev–Trinajstić information content (AvgIpc) is 3.16. The lowest BCUT2D eigenvalue weighted by Gasteiger charge is -2.12. The van der Waals surface area contributed by atoms with Gasteiger partial charge in [-0.3, -0.25) is 9.69 Å². The zero-order valence-corrected chi connectivity index (χ0v) is 13.7. The van der Waals surface area contributed by atoms with Crippen LogP contribution < -0.4 is 9.64 Å². The van der Waals surface area contributed by atoms with Crippen molar-refractivity contribution < 1.29 is 14.6 Å². The summed E-state index contributed by atoms with van der Waals surface area (Å²) in [4.78, 5) is 17.5. The van der Waals surface area contributed by atoms with Gasteiger partial charge in [0.1, 0.15) is 5.75 Å². The fraction of sp³-hybridized carbons (Fsp3) is 0.211. The molecule has 1 aliphatic rings. The molecule has 24 heavy (non-hydrogen) atoms. The summed E-state index contributed by atoms with van der Waals surface area (Å²) in [5.74, 6) is 0.551. The number of hydrogen-bond donors (Lipinski definition) is 2. The van der Waals surface area contributed by atoms with Gasteiger partial charge in [0.05, 0.1) is 30.2 Å². The maximum atomic E-state index is 12.9. The number of nitrogens with one attached hydrogen (secondary N) is 1. The Balaban J connectivity index is 2.03. The molecule has 0 saturated heterocycles. The highest BCUT2D eigenvalue weighted by atomic mass is 16.5. The molecule has 0 saturated carbocycles. The van der Waals surface area contributed by atoms with E-state index in [9.17, 15) is 9.90 Å². The topological polar surface area (TPSA) is 65.6 Å². The third-order valence-electron chi connectivity index (χ3n) is 4.03. The quantitative estimate of drug-likeness (QED) is 0.830. The Morgan fingerprint density at radius 2 is 2.12 bits per heavy atom. The number of anilines is 1. The summed E-state index contributed by atoms with van der Waals surface area (Å²) < 4.78 is 5.29. The van der Waals surface area contributed by atoms with Gasteiger partial charge in [0.25, 0.3) is 5.91 Å². The number of aliphatic hydroxyl groups excluding tert-OH is 1. The molecule has 1 unspecified atom stereocenters. The van der Waals surface area contributed by atoms with Crippen LogP contribution in [0.2, 0.25) is 0 Å². The first-order chi connectivity index (χ1) is 11.7. The van der Waals surface area contributed by atoms with Gasteiger partial charge >= 0.3 is 0 Å². The van der Waals surface area contributed by atoms with Crippen LogP contribution in [0.1, 0.15) is 24.6 Å². The lowest BCUT2D eigenvalue weighted by atomic mass is 10.1. The molecule has 0 aliphatic carbocycles. The number of para-hydroxylation sites is 1. The first-order valence-corrected chi connectivity index (χ1v) is 7.88. The number of benzene rings is 1. The largest absolute Gasteiger partial charge is 0.495 e. The molecule has 2 N–H and O–H groups in total. The number of aliphatic hydroxyl groups is 1. The summed E-state index contributed by atoms with van der Waals surface area (Å²) in [5.41, 5.74) is 2.99. The normalized spacial score (nSPS) is 16.9. The lowest BCUT2D eigenvalue weighted by Crippen LogP contribution is -2.20. The van der Waals surface area contributed by atoms with E-state index >= 15 is 0 Å². The molecule has 0 radical (unpaired) electrons. The van der Waals surface area contributed by atoms with Crippen LogP contribution in [-0.2, 0) is 4.79 Å². The zero-order valence-electron chi connectivity index (χ0n) is 13.7. The van der Waals surface area contributed by atoms with Crippen molar-refractivity contribution in [2.45, 2.75) is 19.4 Å². The fourth-order valence-electron chi connectivity index (χ4n) is 2.68. The SMILES string of the molecule is CCC(O)/C=C/N1C(=O)/C(=C\c2[nH]ccc2OC)c2ccccc21. The molecule has 3 rings (SSSR count). The van der Waals surface area contributed by atoms with Crippen LogP contribution in [0.15, 0.2) is 48.8 Å². The van der Waals surface area contributed by atoms with E-state index in [1.54, 1.807) is 36.6 Å². The molecule has 0 fully saturated rings. The van der Waals surface area contributed by atoms with Crippen LogP contribution in [0.3, 0.4) is 0 Å². The molecule has 0 bridgehead atoms. The monoisotopic (exact) mass is 324 g/mol. The Morgan fingerprint density at radius 1 is 1.33 bits per heavy atom. The van der Waals surface area contributed by atoms with Crippen LogP contribution in [0, 0.1) is 0 Å². The number of fused-ring (bicyclic) bond motifs is 1. The van der Waals surface area contributed by atoms with Gasteiger partial charge in [-0.05, 0) is 30.7 Å². The molecule has 1 aromatic heterocycles. The summed E-state index contributed by atoms with van der Waals surface area (Å²) >= 11 is 0. The predicted octanol–water partition coefficient (Wildman–Crippen LogP) is 3.20. The van der Waals surface area contributed by atoms with Gasteiger partial charge in [-0.2, -0.15) is 0 Å². The second-order valence-electron chi connectivity index (χ2n) is 5.53. The van der Waals surface area contributed by atoms with Crippen LogP contribution in [0.25, 0.3) is 11.6 Å². The molecule has 1 aromatic carbocycles. The first kappa shape index (κ1) is 16.1. The van der Waals surface area contributed by atoms with Crippen LogP contribution in [0.4, 0.5) is 5.69 Å². The van der Waals surface area contributed by atoms with E-state index in [-0.39, 0.29) is 5.91 Å². The number of rotatable bonds is 5. The molecule has 2 heterocycles. The van der Waals surface area contributed by atoms with Crippen LogP contribution in [0.5, 0.6) is 5.75 Å². The molecule has 1 aliphatic heterocycles. The number of carbonyl (C=O) groups excluding carboxylic acids is 1. The van der Waals surface area contributed by atoms with Crippen molar-refractivity contribution in [1.29, 1.82) is 0 Å². The molecule has 1 amide bonds. The molecule has 124 valence electrons. The number of H-pyrrole nitrogens is 1. The van der Waals surface area contributed by atoms with Crippen molar-refractivity contribution in [1.82, 2.24) is 4.98 Å². The van der Waals surface area contributed by atoms with Gasteiger partial charge in [0.2, 0.25) is 0 Å². The van der Waals surface area contributed by atoms with Gasteiger partial charge < -0.3 is 14.8 Å². The maximum absolute atomic E-state index is 12.9. The van der Waals surface area contributed by atoms with Crippen molar-refractivity contribution in [3.63, 3.8) is 0 Å². The van der Waals surface area contributed by atoms with Crippen molar-refractivity contribution in [3.05, 3.63) is 60.1 Å². The number of ether oxygens (including phenoxy) is 1. The minimum absolute atomic E-state index is 0.132. The summed E-state index contributed by atoms with van der Waals surface area (Å²) in [7, 11) is 1.59. The molecule has 5 nitrogen and oxygen atoms in total. The fourth-order valence-corrected chi connectivity index (χ4v) is 2.68. The van der Waals surface area contributed by atoms with Crippen molar-refractivity contribution in [3.8, 4) is 5.75 Å². The van der Waals surface area contributed by atoms with E-state index in [1.807, 2.05) is 37.3 Å². The number of aromatic amines is 1. The Morgan fingerprint density at radius 3 is 2.88 bits per heavy atom. The highest BCUT2D eigenvalue weighted by Crippen LogP contribution is 2.38. The van der Waals surface area contributed by atoms with Gasteiger partial charge in [0, 0.05) is 18.0 Å². The highest BCUT2D eigenvalue weighted by Gasteiger charge is 2.31. The van der Waals surface area contributed by atoms with Gasteiger partial charge in [-0.1, -0.05) is 25.1 Å². The third-order valence-corrected chi connectivity index (χ3v) is 4.03. The summed E-state index contributed by atoms with van der Waals surface area (Å²) in [6.07, 6.45) is 6.87. The summed E-state index contributed by atoms with van der Waals surface area (Å²) in [6, 6.07) is 9.41. The lowest BCUT2D eigenvalue weighted by molar-refractivity contribution is -0.112. The average molecular weight is 324 g/mol. The van der Waals surface area contributed by atoms with Gasteiger partial charge in [-0.15, -0.1) is 0 Å².